The second kappa shape index (κ2) is 11.9. The summed E-state index contributed by atoms with van der Waals surface area (Å²) in [6.07, 6.45) is 10.5. The van der Waals surface area contributed by atoms with Gasteiger partial charge >= 0.3 is 0 Å². The third-order valence-corrected chi connectivity index (χ3v) is 5.37. The van der Waals surface area contributed by atoms with Crippen molar-refractivity contribution in [3.8, 4) is 5.75 Å². The van der Waals surface area contributed by atoms with Gasteiger partial charge in [-0.1, -0.05) is 31.0 Å². The van der Waals surface area contributed by atoms with Crippen LogP contribution in [0.15, 0.2) is 53.0 Å². The van der Waals surface area contributed by atoms with Gasteiger partial charge in [0.25, 0.3) is 11.8 Å². The molecule has 1 aromatic heterocycles. The van der Waals surface area contributed by atoms with E-state index in [-0.39, 0.29) is 30.2 Å². The maximum absolute atomic E-state index is 12.0. The number of ether oxygens (including phenoxy) is 1. The Hall–Kier alpha value is -2.94. The topological polar surface area (TPSA) is 106 Å². The summed E-state index contributed by atoms with van der Waals surface area (Å²) in [5, 5.41) is 7.51. The zero-order valence-corrected chi connectivity index (χ0v) is 17.4. The Bertz CT molecular complexity index is 839. The number of hydrazone groups is 1. The minimum absolute atomic E-state index is 0.00277. The number of benzene rings is 1. The molecule has 0 saturated heterocycles. The van der Waals surface area contributed by atoms with E-state index in [1.54, 1.807) is 48.9 Å². The molecule has 158 valence electrons. The van der Waals surface area contributed by atoms with Gasteiger partial charge < -0.3 is 10.1 Å². The van der Waals surface area contributed by atoms with Crippen LogP contribution in [0.2, 0.25) is 0 Å². The Balaban J connectivity index is 1.35. The van der Waals surface area contributed by atoms with Crippen molar-refractivity contribution in [1.82, 2.24) is 20.7 Å². The fourth-order valence-corrected chi connectivity index (χ4v) is 3.61. The summed E-state index contributed by atoms with van der Waals surface area (Å²) in [4.78, 5) is 31.9. The number of carbonyl (C=O) groups excluding carboxylic acids is 2. The lowest BCUT2D eigenvalue weighted by atomic mass is 9.95. The van der Waals surface area contributed by atoms with Crippen LogP contribution < -0.4 is 15.5 Å². The minimum atomic E-state index is -0.243. The first-order chi connectivity index (χ1) is 14.7. The summed E-state index contributed by atoms with van der Waals surface area (Å²) in [7, 11) is 0. The maximum Gasteiger partial charge on any atom is 0.258 e. The number of hydrogen-bond donors (Lipinski definition) is 2. The van der Waals surface area contributed by atoms with Crippen molar-refractivity contribution in [2.24, 2.45) is 5.10 Å². The molecule has 2 amide bonds. The first-order valence-electron chi connectivity index (χ1n) is 9.93. The molecule has 3 rings (SSSR count). The fourth-order valence-electron chi connectivity index (χ4n) is 3.02. The van der Waals surface area contributed by atoms with Crippen LogP contribution in [0, 0.1) is 0 Å². The third-order valence-electron chi connectivity index (χ3n) is 4.50. The maximum atomic E-state index is 12.0. The van der Waals surface area contributed by atoms with E-state index in [0.717, 1.165) is 18.4 Å². The molecule has 30 heavy (non-hydrogen) atoms. The van der Waals surface area contributed by atoms with Gasteiger partial charge in [0, 0.05) is 18.4 Å². The molecule has 9 heteroatoms. The predicted octanol–water partition coefficient (Wildman–Crippen LogP) is 2.55. The average Bonchev–Trinajstić information content (AvgIpc) is 2.78. The lowest BCUT2D eigenvalue weighted by Gasteiger charge is -2.22. The molecular weight excluding hydrogens is 402 g/mol. The highest BCUT2D eigenvalue weighted by Gasteiger charge is 2.15. The van der Waals surface area contributed by atoms with Gasteiger partial charge in [-0.15, -0.1) is 0 Å². The number of amides is 2. The molecule has 0 aliphatic heterocycles. The molecule has 0 radical (unpaired) electrons. The van der Waals surface area contributed by atoms with E-state index < -0.39 is 0 Å². The first-order valence-corrected chi connectivity index (χ1v) is 10.9. The van der Waals surface area contributed by atoms with Gasteiger partial charge in [0.1, 0.15) is 5.75 Å². The molecule has 1 aliphatic rings. The van der Waals surface area contributed by atoms with Crippen molar-refractivity contribution in [3.63, 3.8) is 0 Å². The molecule has 1 fully saturated rings. The second-order valence-corrected chi connectivity index (χ2v) is 7.82. The van der Waals surface area contributed by atoms with E-state index in [1.165, 1.54) is 31.0 Å². The summed E-state index contributed by atoms with van der Waals surface area (Å²) >= 11 is 1.24. The van der Waals surface area contributed by atoms with Crippen LogP contribution >= 0.6 is 11.8 Å². The lowest BCUT2D eigenvalue weighted by molar-refractivity contribution is -0.124. The van der Waals surface area contributed by atoms with Gasteiger partial charge in [-0.3, -0.25) is 9.59 Å². The highest BCUT2D eigenvalue weighted by molar-refractivity contribution is 7.99. The molecule has 1 aliphatic carbocycles. The van der Waals surface area contributed by atoms with Crippen molar-refractivity contribution in [3.05, 3.63) is 48.3 Å². The largest absolute Gasteiger partial charge is 0.484 e. The van der Waals surface area contributed by atoms with Crippen LogP contribution in [-0.4, -0.2) is 46.4 Å². The summed E-state index contributed by atoms with van der Waals surface area (Å²) in [6.45, 7) is 0.00277. The molecule has 2 aromatic rings. The Morgan fingerprint density at radius 3 is 2.57 bits per heavy atom. The van der Waals surface area contributed by atoms with E-state index in [4.69, 9.17) is 4.74 Å². The van der Waals surface area contributed by atoms with Crippen LogP contribution in [0.1, 0.15) is 37.7 Å². The number of nitrogens with zero attached hydrogens (tertiary/aromatic N) is 3. The molecule has 0 bridgehead atoms. The Morgan fingerprint density at radius 2 is 1.83 bits per heavy atom. The third kappa shape index (κ3) is 7.82. The van der Waals surface area contributed by atoms with Gasteiger partial charge in [-0.25, -0.2) is 15.4 Å². The smallest absolute Gasteiger partial charge is 0.258 e. The molecule has 0 unspecified atom stereocenters. The lowest BCUT2D eigenvalue weighted by Crippen LogP contribution is -2.38. The van der Waals surface area contributed by atoms with Gasteiger partial charge in [-0.2, -0.15) is 5.10 Å². The van der Waals surface area contributed by atoms with E-state index >= 15 is 0 Å². The van der Waals surface area contributed by atoms with Gasteiger partial charge in [0.2, 0.25) is 0 Å². The van der Waals surface area contributed by atoms with E-state index in [9.17, 15) is 9.59 Å². The Morgan fingerprint density at radius 1 is 1.10 bits per heavy atom. The van der Waals surface area contributed by atoms with Gasteiger partial charge in [0.05, 0.1) is 12.0 Å². The number of hydrogen-bond acceptors (Lipinski definition) is 7. The molecule has 8 nitrogen and oxygen atoms in total. The number of thioether (sulfide) groups is 1. The molecule has 1 saturated carbocycles. The van der Waals surface area contributed by atoms with E-state index in [0.29, 0.717) is 10.9 Å². The molecule has 0 spiro atoms. The van der Waals surface area contributed by atoms with Gasteiger partial charge in [-0.05, 0) is 48.7 Å². The summed E-state index contributed by atoms with van der Waals surface area (Å²) < 4.78 is 5.54. The van der Waals surface area contributed by atoms with E-state index in [2.05, 4.69) is 25.8 Å². The van der Waals surface area contributed by atoms with Crippen molar-refractivity contribution in [2.45, 2.75) is 43.3 Å². The summed E-state index contributed by atoms with van der Waals surface area (Å²) in [5.41, 5.74) is 3.26. The quantitative estimate of drug-likeness (QED) is 0.276. The summed E-state index contributed by atoms with van der Waals surface area (Å²) in [5.74, 6) is 0.452. The van der Waals surface area contributed by atoms with Gasteiger partial charge in [0.15, 0.2) is 11.8 Å². The van der Waals surface area contributed by atoms with Crippen LogP contribution in [0.4, 0.5) is 0 Å². The van der Waals surface area contributed by atoms with Crippen LogP contribution in [0.3, 0.4) is 0 Å². The van der Waals surface area contributed by atoms with Crippen LogP contribution in [0.25, 0.3) is 0 Å². The predicted molar refractivity (Wildman–Crippen MR) is 115 cm³/mol. The normalized spacial score (nSPS) is 14.4. The van der Waals surface area contributed by atoms with Crippen LogP contribution in [0.5, 0.6) is 5.75 Å². The highest BCUT2D eigenvalue weighted by Crippen LogP contribution is 2.17. The summed E-state index contributed by atoms with van der Waals surface area (Å²) in [6, 6.07) is 9.13. The average molecular weight is 428 g/mol. The molecule has 0 atom stereocenters. The van der Waals surface area contributed by atoms with Crippen molar-refractivity contribution >= 4 is 29.8 Å². The first kappa shape index (κ1) is 21.8. The molecular formula is C21H25N5O3S. The molecule has 2 N–H and O–H groups in total. The zero-order valence-electron chi connectivity index (χ0n) is 16.6. The fraction of sp³-hybridized carbons (Fsp3) is 0.381. The van der Waals surface area contributed by atoms with Crippen LogP contribution in [-0.2, 0) is 9.59 Å². The number of nitrogens with one attached hydrogen (secondary N) is 2. The number of carbonyl (C=O) groups is 2. The molecule has 1 aromatic carbocycles. The van der Waals surface area contributed by atoms with Crippen molar-refractivity contribution in [2.75, 3.05) is 12.4 Å². The number of rotatable bonds is 9. The Labute approximate surface area is 179 Å². The standard InChI is InChI=1S/C21H25N5O3S/c27-19(25-17-5-2-1-3-6-17)14-29-18-9-7-16(8-10-18)13-24-26-20(28)15-30-21-22-11-4-12-23-21/h4,7-13,17H,1-3,5-6,14-15H2,(H,25,27)(H,26,28)/b24-13-. The monoisotopic (exact) mass is 427 g/mol. The van der Waals surface area contributed by atoms with Crippen molar-refractivity contribution < 1.29 is 14.3 Å². The second-order valence-electron chi connectivity index (χ2n) is 6.87. The van der Waals surface area contributed by atoms with E-state index in [1.807, 2.05) is 0 Å². The highest BCUT2D eigenvalue weighted by atomic mass is 32.2. The Kier molecular flexibility index (Phi) is 8.64. The number of aromatic nitrogens is 2. The minimum Gasteiger partial charge on any atom is -0.484 e. The zero-order chi connectivity index (χ0) is 21.0. The molecule has 1 heterocycles. The van der Waals surface area contributed by atoms with Crippen molar-refractivity contribution in [1.29, 1.82) is 0 Å². The SMILES string of the molecule is O=C(CSc1ncccn1)N/N=C\c1ccc(OCC(=O)NC2CCCCC2)cc1.